The number of benzene rings is 2. The number of nitrogens with one attached hydrogen (secondary N) is 2. The standard InChI is InChI=1S/C15H10F3N3O2/c16-15(17,18)9-1-3-10(4-2-9)20-14(22)21-11-5-6-12-13(7-11)23-8-19-12/h1-8H,(H2,20,21,22). The van der Waals surface area contributed by atoms with Crippen LogP contribution < -0.4 is 10.6 Å². The molecule has 3 rings (SSSR count). The lowest BCUT2D eigenvalue weighted by atomic mass is 10.2. The van der Waals surface area contributed by atoms with E-state index in [0.29, 0.717) is 16.8 Å². The first kappa shape index (κ1) is 14.9. The van der Waals surface area contributed by atoms with Gasteiger partial charge in [0.1, 0.15) is 5.52 Å². The number of anilines is 2. The molecule has 8 heteroatoms. The van der Waals surface area contributed by atoms with Gasteiger partial charge in [0.15, 0.2) is 12.0 Å². The van der Waals surface area contributed by atoms with E-state index in [2.05, 4.69) is 15.6 Å². The van der Waals surface area contributed by atoms with Gasteiger partial charge in [-0.05, 0) is 36.4 Å². The molecule has 3 aromatic rings. The Balaban J connectivity index is 1.66. The SMILES string of the molecule is O=C(Nc1ccc(C(F)(F)F)cc1)Nc1ccc2ncoc2c1. The van der Waals surface area contributed by atoms with Crippen LogP contribution >= 0.6 is 0 Å². The van der Waals surface area contributed by atoms with Crippen LogP contribution in [0.2, 0.25) is 0 Å². The zero-order chi connectivity index (χ0) is 16.4. The van der Waals surface area contributed by atoms with Gasteiger partial charge in [0.05, 0.1) is 5.56 Å². The van der Waals surface area contributed by atoms with Gasteiger partial charge in [-0.3, -0.25) is 0 Å². The third kappa shape index (κ3) is 3.42. The zero-order valence-corrected chi connectivity index (χ0v) is 11.5. The van der Waals surface area contributed by atoms with Gasteiger partial charge in [0, 0.05) is 17.4 Å². The lowest BCUT2D eigenvalue weighted by Crippen LogP contribution is -2.19. The summed E-state index contributed by atoms with van der Waals surface area (Å²) in [7, 11) is 0. The van der Waals surface area contributed by atoms with Gasteiger partial charge in [-0.15, -0.1) is 0 Å². The molecule has 0 bridgehead atoms. The Bertz CT molecular complexity index is 841. The zero-order valence-electron chi connectivity index (χ0n) is 11.5. The van der Waals surface area contributed by atoms with Crippen molar-refractivity contribution in [1.82, 2.24) is 4.98 Å². The van der Waals surface area contributed by atoms with Gasteiger partial charge in [-0.1, -0.05) is 0 Å². The summed E-state index contributed by atoms with van der Waals surface area (Å²) in [5, 5.41) is 5.00. The van der Waals surface area contributed by atoms with Gasteiger partial charge in [0.2, 0.25) is 0 Å². The summed E-state index contributed by atoms with van der Waals surface area (Å²) < 4.78 is 42.5. The van der Waals surface area contributed by atoms with Crippen LogP contribution in [0, 0.1) is 0 Å². The van der Waals surface area contributed by atoms with Crippen LogP contribution in [0.5, 0.6) is 0 Å². The Morgan fingerprint density at radius 1 is 1.00 bits per heavy atom. The van der Waals surface area contributed by atoms with Crippen LogP contribution in [-0.4, -0.2) is 11.0 Å². The largest absolute Gasteiger partial charge is 0.443 e. The molecule has 0 unspecified atom stereocenters. The van der Waals surface area contributed by atoms with E-state index in [1.165, 1.54) is 18.5 Å². The first-order chi connectivity index (χ1) is 10.9. The van der Waals surface area contributed by atoms with Crippen molar-refractivity contribution in [3.63, 3.8) is 0 Å². The Morgan fingerprint density at radius 2 is 1.65 bits per heavy atom. The normalized spacial score (nSPS) is 11.4. The fraction of sp³-hybridized carbons (Fsp3) is 0.0667. The van der Waals surface area contributed by atoms with Gasteiger partial charge in [0.25, 0.3) is 0 Å². The number of nitrogens with zero attached hydrogens (tertiary/aromatic N) is 1. The summed E-state index contributed by atoms with van der Waals surface area (Å²) in [4.78, 5) is 15.8. The van der Waals surface area contributed by atoms with Gasteiger partial charge in [-0.2, -0.15) is 13.2 Å². The highest BCUT2D eigenvalue weighted by Crippen LogP contribution is 2.29. The number of alkyl halides is 3. The molecule has 0 saturated carbocycles. The molecule has 2 amide bonds. The van der Waals surface area contributed by atoms with E-state index in [0.717, 1.165) is 12.1 Å². The molecule has 1 aromatic heterocycles. The topological polar surface area (TPSA) is 67.2 Å². The van der Waals surface area contributed by atoms with E-state index in [-0.39, 0.29) is 5.69 Å². The Kier molecular flexibility index (Phi) is 3.65. The van der Waals surface area contributed by atoms with Gasteiger partial charge < -0.3 is 15.1 Å². The maximum Gasteiger partial charge on any atom is 0.416 e. The highest BCUT2D eigenvalue weighted by atomic mass is 19.4. The van der Waals surface area contributed by atoms with E-state index in [4.69, 9.17) is 4.42 Å². The number of fused-ring (bicyclic) bond motifs is 1. The second kappa shape index (κ2) is 5.64. The fourth-order valence-corrected chi connectivity index (χ4v) is 1.97. The van der Waals surface area contributed by atoms with Crippen LogP contribution in [0.4, 0.5) is 29.3 Å². The molecule has 0 aliphatic carbocycles. The van der Waals surface area contributed by atoms with Crippen LogP contribution in [0.25, 0.3) is 11.1 Å². The number of hydrogen-bond acceptors (Lipinski definition) is 3. The summed E-state index contributed by atoms with van der Waals surface area (Å²) in [6.07, 6.45) is -3.12. The number of halogens is 3. The Morgan fingerprint density at radius 3 is 2.35 bits per heavy atom. The lowest BCUT2D eigenvalue weighted by molar-refractivity contribution is -0.137. The van der Waals surface area contributed by atoms with Crippen LogP contribution in [0.15, 0.2) is 53.3 Å². The first-order valence-electron chi connectivity index (χ1n) is 6.50. The average Bonchev–Trinajstić information content (AvgIpc) is 2.94. The Labute approximate surface area is 128 Å². The molecule has 0 radical (unpaired) electrons. The molecule has 23 heavy (non-hydrogen) atoms. The highest BCUT2D eigenvalue weighted by molar-refractivity contribution is 6.00. The highest BCUT2D eigenvalue weighted by Gasteiger charge is 2.29. The van der Waals surface area contributed by atoms with E-state index in [1.54, 1.807) is 18.2 Å². The summed E-state index contributed by atoms with van der Waals surface area (Å²) in [5.41, 5.74) is 1.10. The van der Waals surface area contributed by atoms with Crippen LogP contribution in [0.3, 0.4) is 0 Å². The fourth-order valence-electron chi connectivity index (χ4n) is 1.97. The summed E-state index contributed by atoms with van der Waals surface area (Å²) in [5.74, 6) is 0. The maximum absolute atomic E-state index is 12.5. The molecule has 1 heterocycles. The van der Waals surface area contributed by atoms with Crippen LogP contribution in [0.1, 0.15) is 5.56 Å². The number of amides is 2. The minimum absolute atomic E-state index is 0.247. The molecule has 0 aliphatic rings. The molecule has 118 valence electrons. The molecular weight excluding hydrogens is 311 g/mol. The van der Waals surface area contributed by atoms with E-state index in [9.17, 15) is 18.0 Å². The molecule has 0 aliphatic heterocycles. The monoisotopic (exact) mass is 321 g/mol. The van der Waals surface area contributed by atoms with Crippen molar-refractivity contribution in [3.05, 3.63) is 54.4 Å². The number of oxazole rings is 1. The van der Waals surface area contributed by atoms with Crippen molar-refractivity contribution in [2.75, 3.05) is 10.6 Å². The van der Waals surface area contributed by atoms with Crippen molar-refractivity contribution in [2.24, 2.45) is 0 Å². The number of urea groups is 1. The number of aromatic nitrogens is 1. The van der Waals surface area contributed by atoms with Crippen molar-refractivity contribution in [2.45, 2.75) is 6.18 Å². The third-order valence-corrected chi connectivity index (χ3v) is 3.06. The van der Waals surface area contributed by atoms with Crippen molar-refractivity contribution in [3.8, 4) is 0 Å². The predicted molar refractivity (Wildman–Crippen MR) is 78.1 cm³/mol. The first-order valence-corrected chi connectivity index (χ1v) is 6.50. The summed E-state index contributed by atoms with van der Waals surface area (Å²) >= 11 is 0. The number of carbonyl (C=O) groups excluding carboxylic acids is 1. The Hall–Kier alpha value is -3.03. The third-order valence-electron chi connectivity index (χ3n) is 3.06. The summed E-state index contributed by atoms with van der Waals surface area (Å²) in [6, 6.07) is 8.48. The molecule has 0 atom stereocenters. The molecule has 5 nitrogen and oxygen atoms in total. The van der Waals surface area contributed by atoms with E-state index < -0.39 is 17.8 Å². The average molecular weight is 321 g/mol. The second-order valence-corrected chi connectivity index (χ2v) is 4.69. The minimum atomic E-state index is -4.41. The van der Waals surface area contributed by atoms with Crippen LogP contribution in [-0.2, 0) is 6.18 Å². The summed E-state index contributed by atoms with van der Waals surface area (Å²) in [6.45, 7) is 0. The number of rotatable bonds is 2. The number of hydrogen-bond donors (Lipinski definition) is 2. The van der Waals surface area contributed by atoms with E-state index >= 15 is 0 Å². The predicted octanol–water partition coefficient (Wildman–Crippen LogP) is 4.49. The molecule has 0 saturated heterocycles. The molecule has 0 spiro atoms. The van der Waals surface area contributed by atoms with Gasteiger partial charge in [-0.25, -0.2) is 9.78 Å². The van der Waals surface area contributed by atoms with Gasteiger partial charge >= 0.3 is 12.2 Å². The quantitative estimate of drug-likeness (QED) is 0.731. The number of carbonyl (C=O) groups is 1. The van der Waals surface area contributed by atoms with Crippen molar-refractivity contribution < 1.29 is 22.4 Å². The molecule has 0 fully saturated rings. The van der Waals surface area contributed by atoms with E-state index in [1.807, 2.05) is 0 Å². The second-order valence-electron chi connectivity index (χ2n) is 4.69. The molecule has 2 N–H and O–H groups in total. The molecule has 2 aromatic carbocycles. The minimum Gasteiger partial charge on any atom is -0.443 e. The maximum atomic E-state index is 12.5. The molecular formula is C15H10F3N3O2. The van der Waals surface area contributed by atoms with Crippen molar-refractivity contribution in [1.29, 1.82) is 0 Å². The smallest absolute Gasteiger partial charge is 0.416 e. The lowest BCUT2D eigenvalue weighted by Gasteiger charge is -2.09. The van der Waals surface area contributed by atoms with Crippen molar-refractivity contribution >= 4 is 28.5 Å².